The number of hydrogen-bond acceptors (Lipinski definition) is 5. The summed E-state index contributed by atoms with van der Waals surface area (Å²) in [6, 6.07) is 8.13. The number of rotatable bonds is 5. The Bertz CT molecular complexity index is 878. The van der Waals surface area contributed by atoms with Crippen molar-refractivity contribution in [1.82, 2.24) is 19.4 Å². The molecule has 1 atom stereocenters. The Kier molecular flexibility index (Phi) is 6.40. The van der Waals surface area contributed by atoms with Crippen LogP contribution in [-0.2, 0) is 20.9 Å². The van der Waals surface area contributed by atoms with Crippen LogP contribution in [0.3, 0.4) is 0 Å². The lowest BCUT2D eigenvalue weighted by molar-refractivity contribution is -0.136. The number of carbonyl (C=O) groups excluding carboxylic acids is 2. The number of ether oxygens (including phenoxy) is 1. The van der Waals surface area contributed by atoms with Gasteiger partial charge in [0, 0.05) is 25.7 Å². The number of imidazole rings is 1. The minimum atomic E-state index is 0.0642. The van der Waals surface area contributed by atoms with Crippen LogP contribution < -0.4 is 0 Å². The van der Waals surface area contributed by atoms with E-state index >= 15 is 0 Å². The number of thioether (sulfide) groups is 1. The number of benzene rings is 1. The number of fused-ring (bicyclic) bond motifs is 1. The van der Waals surface area contributed by atoms with E-state index in [-0.39, 0.29) is 18.4 Å². The highest BCUT2D eigenvalue weighted by Crippen LogP contribution is 2.26. The molecule has 1 aromatic carbocycles. The monoisotopic (exact) mass is 416 g/mol. The third kappa shape index (κ3) is 4.59. The molecular formula is C21H28N4O3S. The standard InChI is InChI=1S/C21H28N4O3S/c1-16-6-4-5-9-24(16)20(27)15-29-21-22-17-7-2-3-8-18(17)25(21)14-19(26)23-10-12-28-13-11-23/h2-3,7-8,16H,4-6,9-15H2,1H3/t16-/m1/s1. The maximum Gasteiger partial charge on any atom is 0.242 e. The van der Waals surface area contributed by atoms with Crippen molar-refractivity contribution in [3.05, 3.63) is 24.3 Å². The molecule has 0 saturated carbocycles. The van der Waals surface area contributed by atoms with E-state index in [0.717, 1.165) is 35.6 Å². The molecule has 2 saturated heterocycles. The second-order valence-electron chi connectivity index (χ2n) is 7.68. The molecule has 0 N–H and O–H groups in total. The second-order valence-corrected chi connectivity index (χ2v) is 8.63. The predicted molar refractivity (Wildman–Crippen MR) is 113 cm³/mol. The zero-order valence-electron chi connectivity index (χ0n) is 16.9. The van der Waals surface area contributed by atoms with Crippen LogP contribution in [0.25, 0.3) is 11.0 Å². The van der Waals surface area contributed by atoms with Crippen molar-refractivity contribution in [2.45, 2.75) is 43.9 Å². The van der Waals surface area contributed by atoms with Crippen molar-refractivity contribution < 1.29 is 14.3 Å². The van der Waals surface area contributed by atoms with Gasteiger partial charge in [0.15, 0.2) is 5.16 Å². The number of morpholine rings is 1. The van der Waals surface area contributed by atoms with Gasteiger partial charge in [-0.05, 0) is 38.3 Å². The van der Waals surface area contributed by atoms with Crippen LogP contribution in [0.4, 0.5) is 0 Å². The number of carbonyl (C=O) groups is 2. The number of nitrogens with zero attached hydrogens (tertiary/aromatic N) is 4. The first-order chi connectivity index (χ1) is 14.1. The maximum absolute atomic E-state index is 12.8. The van der Waals surface area contributed by atoms with Gasteiger partial charge in [0.1, 0.15) is 6.54 Å². The topological polar surface area (TPSA) is 67.7 Å². The maximum atomic E-state index is 12.8. The third-order valence-corrected chi connectivity index (χ3v) is 6.69. The predicted octanol–water partition coefficient (Wildman–Crippen LogP) is 2.39. The van der Waals surface area contributed by atoms with Gasteiger partial charge in [-0.2, -0.15) is 0 Å². The van der Waals surface area contributed by atoms with Crippen LogP contribution in [0.5, 0.6) is 0 Å². The van der Waals surface area contributed by atoms with Crippen molar-refractivity contribution in [3.63, 3.8) is 0 Å². The fourth-order valence-electron chi connectivity index (χ4n) is 4.04. The molecule has 2 aliphatic rings. The zero-order chi connectivity index (χ0) is 20.2. The Balaban J connectivity index is 1.50. The quantitative estimate of drug-likeness (QED) is 0.700. The lowest BCUT2D eigenvalue weighted by Gasteiger charge is -2.33. The lowest BCUT2D eigenvalue weighted by Crippen LogP contribution is -2.43. The Labute approximate surface area is 175 Å². The van der Waals surface area contributed by atoms with Crippen molar-refractivity contribution in [2.24, 2.45) is 0 Å². The molecule has 2 aromatic rings. The molecule has 0 unspecified atom stereocenters. The Morgan fingerprint density at radius 3 is 2.72 bits per heavy atom. The van der Waals surface area contributed by atoms with E-state index in [4.69, 9.17) is 9.72 Å². The van der Waals surface area contributed by atoms with Gasteiger partial charge in [-0.3, -0.25) is 9.59 Å². The smallest absolute Gasteiger partial charge is 0.242 e. The average Bonchev–Trinajstić information content (AvgIpc) is 3.10. The number of para-hydroxylation sites is 2. The summed E-state index contributed by atoms with van der Waals surface area (Å²) in [5.41, 5.74) is 1.78. The molecule has 29 heavy (non-hydrogen) atoms. The van der Waals surface area contributed by atoms with Gasteiger partial charge in [-0.25, -0.2) is 4.98 Å². The molecule has 7 nitrogen and oxygen atoms in total. The molecule has 156 valence electrons. The molecule has 0 bridgehead atoms. The van der Waals surface area contributed by atoms with Gasteiger partial charge in [-0.15, -0.1) is 0 Å². The van der Waals surface area contributed by atoms with E-state index in [0.29, 0.717) is 38.1 Å². The summed E-state index contributed by atoms with van der Waals surface area (Å²) < 4.78 is 7.30. The summed E-state index contributed by atoms with van der Waals surface area (Å²) in [5, 5.41) is 0.728. The summed E-state index contributed by atoms with van der Waals surface area (Å²) >= 11 is 1.43. The molecule has 2 aliphatic heterocycles. The Morgan fingerprint density at radius 2 is 1.93 bits per heavy atom. The van der Waals surface area contributed by atoms with Crippen LogP contribution in [-0.4, -0.2) is 75.8 Å². The average molecular weight is 417 g/mol. The molecule has 0 aliphatic carbocycles. The highest BCUT2D eigenvalue weighted by atomic mass is 32.2. The van der Waals surface area contributed by atoms with Crippen LogP contribution in [0.1, 0.15) is 26.2 Å². The van der Waals surface area contributed by atoms with E-state index in [2.05, 4.69) is 6.92 Å². The SMILES string of the molecule is C[C@@H]1CCCCN1C(=O)CSc1nc2ccccc2n1CC(=O)N1CCOCC1. The van der Waals surface area contributed by atoms with Crippen molar-refractivity contribution in [2.75, 3.05) is 38.6 Å². The molecular weight excluding hydrogens is 388 g/mol. The third-order valence-electron chi connectivity index (χ3n) is 5.72. The fraction of sp³-hybridized carbons (Fsp3) is 0.571. The molecule has 3 heterocycles. The van der Waals surface area contributed by atoms with E-state index in [1.54, 1.807) is 0 Å². The van der Waals surface area contributed by atoms with Crippen molar-refractivity contribution in [1.29, 1.82) is 0 Å². The molecule has 0 radical (unpaired) electrons. The number of likely N-dealkylation sites (tertiary alicyclic amines) is 1. The van der Waals surface area contributed by atoms with E-state index in [1.807, 2.05) is 38.6 Å². The van der Waals surface area contributed by atoms with E-state index < -0.39 is 0 Å². The summed E-state index contributed by atoms with van der Waals surface area (Å²) in [5.74, 6) is 0.564. The minimum absolute atomic E-state index is 0.0642. The zero-order valence-corrected chi connectivity index (χ0v) is 17.7. The van der Waals surface area contributed by atoms with Gasteiger partial charge in [0.25, 0.3) is 0 Å². The Morgan fingerprint density at radius 1 is 1.14 bits per heavy atom. The molecule has 0 spiro atoms. The van der Waals surface area contributed by atoms with E-state index in [9.17, 15) is 9.59 Å². The summed E-state index contributed by atoms with van der Waals surface area (Å²) in [6.07, 6.45) is 3.34. The number of aromatic nitrogens is 2. The number of piperidine rings is 1. The van der Waals surface area contributed by atoms with Crippen molar-refractivity contribution >= 4 is 34.6 Å². The second kappa shape index (κ2) is 9.17. The van der Waals surface area contributed by atoms with Crippen LogP contribution in [0.15, 0.2) is 29.4 Å². The van der Waals surface area contributed by atoms with Gasteiger partial charge >= 0.3 is 0 Å². The first-order valence-corrected chi connectivity index (χ1v) is 11.3. The van der Waals surface area contributed by atoms with Crippen LogP contribution in [0.2, 0.25) is 0 Å². The summed E-state index contributed by atoms with van der Waals surface area (Å²) in [6.45, 7) is 5.61. The Hall–Kier alpha value is -2.06. The largest absolute Gasteiger partial charge is 0.378 e. The molecule has 2 amide bonds. The van der Waals surface area contributed by atoms with Crippen LogP contribution in [0, 0.1) is 0 Å². The van der Waals surface area contributed by atoms with Crippen LogP contribution >= 0.6 is 11.8 Å². The first kappa shape index (κ1) is 20.2. The molecule has 1 aromatic heterocycles. The summed E-state index contributed by atoms with van der Waals surface area (Å²) in [7, 11) is 0. The number of hydrogen-bond donors (Lipinski definition) is 0. The minimum Gasteiger partial charge on any atom is -0.378 e. The van der Waals surface area contributed by atoms with Gasteiger partial charge in [-0.1, -0.05) is 23.9 Å². The first-order valence-electron chi connectivity index (χ1n) is 10.4. The van der Waals surface area contributed by atoms with Crippen molar-refractivity contribution in [3.8, 4) is 0 Å². The molecule has 2 fully saturated rings. The van der Waals surface area contributed by atoms with Gasteiger partial charge in [0.05, 0.1) is 30.0 Å². The number of amides is 2. The summed E-state index contributed by atoms with van der Waals surface area (Å²) in [4.78, 5) is 34.1. The normalized spacial score (nSPS) is 20.2. The highest BCUT2D eigenvalue weighted by molar-refractivity contribution is 7.99. The highest BCUT2D eigenvalue weighted by Gasteiger charge is 2.25. The molecule has 4 rings (SSSR count). The lowest BCUT2D eigenvalue weighted by atomic mass is 10.0. The fourth-order valence-corrected chi connectivity index (χ4v) is 4.94. The van der Waals surface area contributed by atoms with Gasteiger partial charge < -0.3 is 19.1 Å². The molecule has 8 heteroatoms. The van der Waals surface area contributed by atoms with E-state index in [1.165, 1.54) is 18.2 Å². The van der Waals surface area contributed by atoms with Gasteiger partial charge in [0.2, 0.25) is 11.8 Å².